The van der Waals surface area contributed by atoms with Crippen molar-refractivity contribution in [2.24, 2.45) is 0 Å². The summed E-state index contributed by atoms with van der Waals surface area (Å²) in [5.41, 5.74) is 0.569. The molecule has 46 heavy (non-hydrogen) atoms. The van der Waals surface area contributed by atoms with Gasteiger partial charge in [0.15, 0.2) is 18.3 Å². The minimum atomic E-state index is -2.50. The van der Waals surface area contributed by atoms with E-state index in [1.54, 1.807) is 12.1 Å². The van der Waals surface area contributed by atoms with Crippen LogP contribution in [0.2, 0.25) is 0 Å². The van der Waals surface area contributed by atoms with Gasteiger partial charge in [0, 0.05) is 33.8 Å². The molecule has 2 heterocycles. The zero-order valence-corrected chi connectivity index (χ0v) is 25.3. The third-order valence-corrected chi connectivity index (χ3v) is 6.68. The summed E-state index contributed by atoms with van der Waals surface area (Å²) in [7, 11) is 0. The van der Waals surface area contributed by atoms with Crippen molar-refractivity contribution in [3.63, 3.8) is 0 Å². The molecule has 17 nitrogen and oxygen atoms in total. The molecule has 1 aromatic rings. The second-order valence-electron chi connectivity index (χ2n) is 10.3. The minimum Gasteiger partial charge on any atom is -0.508 e. The first-order valence-corrected chi connectivity index (χ1v) is 13.9. The van der Waals surface area contributed by atoms with Crippen LogP contribution >= 0.6 is 0 Å². The van der Waals surface area contributed by atoms with Gasteiger partial charge in [-0.15, -0.1) is 0 Å². The number of benzene rings is 1. The highest BCUT2D eigenvalue weighted by Gasteiger charge is 2.60. The molecule has 1 aromatic carbocycles. The smallest absolute Gasteiger partial charge is 0.330 e. The second kappa shape index (κ2) is 15.9. The number of hydrogen-bond donors (Lipinski definition) is 4. The number of esters is 5. The summed E-state index contributed by atoms with van der Waals surface area (Å²) in [5.74, 6) is -6.78. The first kappa shape index (κ1) is 36.3. The lowest BCUT2D eigenvalue weighted by Crippen LogP contribution is -2.65. The van der Waals surface area contributed by atoms with E-state index < -0.39 is 104 Å². The van der Waals surface area contributed by atoms with Crippen molar-refractivity contribution in [2.75, 3.05) is 19.8 Å². The predicted octanol–water partition coefficient (Wildman–Crippen LogP) is -1.14. The zero-order chi connectivity index (χ0) is 34.2. The molecule has 0 aromatic heterocycles. The lowest BCUT2D eigenvalue weighted by Gasteiger charge is -2.46. The van der Waals surface area contributed by atoms with Crippen molar-refractivity contribution in [2.45, 2.75) is 82.5 Å². The van der Waals surface area contributed by atoms with Gasteiger partial charge in [0.1, 0.15) is 50.0 Å². The Balaban J connectivity index is 1.85. The highest BCUT2D eigenvalue weighted by molar-refractivity contribution is 5.87. The zero-order valence-electron chi connectivity index (χ0n) is 25.3. The molecule has 0 amide bonds. The Kier molecular flexibility index (Phi) is 12.6. The SMILES string of the molecule is CC(=O)OCC1OC(OC2(CO)OC(COC(=O)C=Cc3ccc(O)cc3)C(O)C2O)C(OC(C)=O)C(OC(C)=O)C1OC(C)=O. The molecule has 2 saturated heterocycles. The number of carbonyl (C=O) groups is 5. The Morgan fingerprint density at radius 3 is 1.93 bits per heavy atom. The Labute approximate surface area is 262 Å². The fourth-order valence-electron chi connectivity index (χ4n) is 4.70. The van der Waals surface area contributed by atoms with Gasteiger partial charge >= 0.3 is 29.8 Å². The summed E-state index contributed by atoms with van der Waals surface area (Å²) < 4.78 is 43.3. The van der Waals surface area contributed by atoms with E-state index in [-0.39, 0.29) is 5.75 Å². The molecule has 2 aliphatic heterocycles. The third kappa shape index (κ3) is 9.44. The summed E-state index contributed by atoms with van der Waals surface area (Å²) in [6.45, 7) is 1.81. The highest BCUT2D eigenvalue weighted by atomic mass is 16.8. The fourth-order valence-corrected chi connectivity index (χ4v) is 4.70. The lowest BCUT2D eigenvalue weighted by molar-refractivity contribution is -0.384. The molecule has 2 aliphatic rings. The van der Waals surface area contributed by atoms with E-state index >= 15 is 0 Å². The monoisotopic (exact) mass is 656 g/mol. The van der Waals surface area contributed by atoms with Crippen LogP contribution in [0.25, 0.3) is 6.08 Å². The van der Waals surface area contributed by atoms with Gasteiger partial charge in [-0.3, -0.25) is 19.2 Å². The first-order chi connectivity index (χ1) is 21.6. The van der Waals surface area contributed by atoms with Crippen molar-refractivity contribution in [3.8, 4) is 5.75 Å². The number of rotatable bonds is 12. The fraction of sp³-hybridized carbons (Fsp3) is 0.552. The van der Waals surface area contributed by atoms with Gasteiger partial charge in [0.05, 0.1) is 0 Å². The van der Waals surface area contributed by atoms with Gasteiger partial charge in [-0.1, -0.05) is 12.1 Å². The number of carbonyl (C=O) groups excluding carboxylic acids is 5. The average Bonchev–Trinajstić information content (AvgIpc) is 3.22. The Bertz CT molecular complexity index is 1280. The number of aliphatic hydroxyl groups is 3. The standard InChI is InChI=1S/C29H36O17/c1-14(31)39-12-21-24(41-15(2)32)25(42-16(3)33)26(43-17(4)34)28(44-21)46-29(13-30)27(38)23(37)20(45-29)11-40-22(36)10-7-18-5-8-19(35)9-6-18/h5-10,20-21,23-28,30,35,37-38H,11-13H2,1-4H3. The molecular formula is C29H36O17. The number of phenols is 1. The molecule has 2 fully saturated rings. The summed E-state index contributed by atoms with van der Waals surface area (Å²) in [6, 6.07) is 5.91. The molecule has 0 spiro atoms. The highest BCUT2D eigenvalue weighted by Crippen LogP contribution is 2.38. The van der Waals surface area contributed by atoms with Gasteiger partial charge in [-0.25, -0.2) is 4.79 Å². The molecule has 0 aliphatic carbocycles. The van der Waals surface area contributed by atoms with Crippen LogP contribution in [-0.4, -0.2) is 125 Å². The van der Waals surface area contributed by atoms with Crippen LogP contribution in [0.3, 0.4) is 0 Å². The molecule has 9 atom stereocenters. The number of phenolic OH excluding ortho intramolecular Hbond substituents is 1. The average molecular weight is 657 g/mol. The minimum absolute atomic E-state index is 0.0315. The molecular weight excluding hydrogens is 620 g/mol. The van der Waals surface area contributed by atoms with Crippen LogP contribution in [0.1, 0.15) is 33.3 Å². The van der Waals surface area contributed by atoms with Crippen LogP contribution < -0.4 is 0 Å². The topological polar surface area (TPSA) is 240 Å². The van der Waals surface area contributed by atoms with Gasteiger partial charge in [0.2, 0.25) is 12.1 Å². The van der Waals surface area contributed by atoms with Crippen LogP contribution in [0.15, 0.2) is 30.3 Å². The number of aliphatic hydroxyl groups excluding tert-OH is 3. The number of ether oxygens (including phenoxy) is 8. The molecule has 0 radical (unpaired) electrons. The predicted molar refractivity (Wildman–Crippen MR) is 148 cm³/mol. The maximum atomic E-state index is 12.3. The van der Waals surface area contributed by atoms with Gasteiger partial charge in [0.25, 0.3) is 0 Å². The molecule has 254 valence electrons. The third-order valence-electron chi connectivity index (χ3n) is 6.68. The van der Waals surface area contributed by atoms with E-state index in [1.165, 1.54) is 18.2 Å². The van der Waals surface area contributed by atoms with Crippen molar-refractivity contribution in [3.05, 3.63) is 35.9 Å². The van der Waals surface area contributed by atoms with E-state index in [0.717, 1.165) is 33.8 Å². The van der Waals surface area contributed by atoms with E-state index in [1.807, 2.05) is 0 Å². The lowest BCUT2D eigenvalue weighted by atomic mass is 9.97. The Morgan fingerprint density at radius 2 is 1.37 bits per heavy atom. The summed E-state index contributed by atoms with van der Waals surface area (Å²) >= 11 is 0. The van der Waals surface area contributed by atoms with Gasteiger partial charge in [-0.05, 0) is 23.8 Å². The van der Waals surface area contributed by atoms with Crippen molar-refractivity contribution < 1.29 is 82.3 Å². The molecule has 3 rings (SSSR count). The molecule has 4 N–H and O–H groups in total. The number of aromatic hydroxyl groups is 1. The maximum Gasteiger partial charge on any atom is 0.330 e. The van der Waals surface area contributed by atoms with Crippen LogP contribution in [0.4, 0.5) is 0 Å². The van der Waals surface area contributed by atoms with E-state index in [0.29, 0.717) is 5.56 Å². The molecule has 17 heteroatoms. The van der Waals surface area contributed by atoms with Crippen molar-refractivity contribution in [1.82, 2.24) is 0 Å². The first-order valence-electron chi connectivity index (χ1n) is 13.9. The normalized spacial score (nSPS) is 30.8. The summed E-state index contributed by atoms with van der Waals surface area (Å²) in [4.78, 5) is 59.9. The Morgan fingerprint density at radius 1 is 0.804 bits per heavy atom. The van der Waals surface area contributed by atoms with Gasteiger partial charge < -0.3 is 58.3 Å². The summed E-state index contributed by atoms with van der Waals surface area (Å²) in [6.07, 6.45) is -10.9. The number of hydrogen-bond acceptors (Lipinski definition) is 17. The molecule has 9 unspecified atom stereocenters. The molecule has 0 saturated carbocycles. The maximum absolute atomic E-state index is 12.3. The van der Waals surface area contributed by atoms with Gasteiger partial charge in [-0.2, -0.15) is 0 Å². The van der Waals surface area contributed by atoms with E-state index in [9.17, 15) is 44.4 Å². The van der Waals surface area contributed by atoms with Crippen LogP contribution in [-0.2, 0) is 61.9 Å². The van der Waals surface area contributed by atoms with E-state index in [4.69, 9.17) is 37.9 Å². The largest absolute Gasteiger partial charge is 0.508 e. The summed E-state index contributed by atoms with van der Waals surface area (Å²) in [5, 5.41) is 41.3. The quantitative estimate of drug-likeness (QED) is 0.118. The van der Waals surface area contributed by atoms with Crippen molar-refractivity contribution >= 4 is 35.9 Å². The van der Waals surface area contributed by atoms with E-state index in [2.05, 4.69) is 0 Å². The van der Waals surface area contributed by atoms with Crippen molar-refractivity contribution in [1.29, 1.82) is 0 Å². The molecule has 0 bridgehead atoms. The van der Waals surface area contributed by atoms with Crippen LogP contribution in [0.5, 0.6) is 5.75 Å². The Hall–Kier alpha value is -4.13. The second-order valence-corrected chi connectivity index (χ2v) is 10.3. The van der Waals surface area contributed by atoms with Crippen LogP contribution in [0, 0.1) is 0 Å².